The van der Waals surface area contributed by atoms with Gasteiger partial charge in [-0.1, -0.05) is 6.07 Å². The number of rotatable bonds is 4. The van der Waals surface area contributed by atoms with E-state index in [-0.39, 0.29) is 12.3 Å². The molecule has 0 aliphatic heterocycles. The van der Waals surface area contributed by atoms with Crippen molar-refractivity contribution in [2.45, 2.75) is 19.3 Å². The fourth-order valence-electron chi connectivity index (χ4n) is 2.57. The molecule has 0 spiro atoms. The van der Waals surface area contributed by atoms with Gasteiger partial charge in [0.2, 0.25) is 0 Å². The SMILES string of the molecule is O=C(COc1ccc2c(c1)CCC2)Nc1cc(F)ccc1F. The third-order valence-electron chi connectivity index (χ3n) is 3.64. The average Bonchev–Trinajstić information content (AvgIpc) is 2.96. The maximum atomic E-state index is 13.4. The van der Waals surface area contributed by atoms with Gasteiger partial charge >= 0.3 is 0 Å². The molecule has 22 heavy (non-hydrogen) atoms. The standard InChI is InChI=1S/C17H15F2NO2/c18-13-5-7-15(19)16(9-13)20-17(21)10-22-14-6-4-11-2-1-3-12(11)8-14/h4-9H,1-3,10H2,(H,20,21). The Morgan fingerprint density at radius 3 is 2.77 bits per heavy atom. The lowest BCUT2D eigenvalue weighted by Crippen LogP contribution is -2.21. The van der Waals surface area contributed by atoms with Crippen molar-refractivity contribution in [1.82, 2.24) is 0 Å². The van der Waals surface area contributed by atoms with Crippen molar-refractivity contribution in [3.63, 3.8) is 0 Å². The van der Waals surface area contributed by atoms with Crippen LogP contribution < -0.4 is 10.1 Å². The van der Waals surface area contributed by atoms with E-state index >= 15 is 0 Å². The molecule has 3 rings (SSSR count). The van der Waals surface area contributed by atoms with E-state index in [4.69, 9.17) is 4.74 Å². The molecule has 5 heteroatoms. The van der Waals surface area contributed by atoms with E-state index in [2.05, 4.69) is 5.32 Å². The van der Waals surface area contributed by atoms with Crippen molar-refractivity contribution in [2.75, 3.05) is 11.9 Å². The molecule has 114 valence electrons. The molecule has 0 fully saturated rings. The molecule has 2 aromatic rings. The van der Waals surface area contributed by atoms with Crippen molar-refractivity contribution >= 4 is 11.6 Å². The van der Waals surface area contributed by atoms with Crippen LogP contribution in [0, 0.1) is 11.6 Å². The molecule has 1 N–H and O–H groups in total. The summed E-state index contributed by atoms with van der Waals surface area (Å²) in [5, 5.41) is 2.29. The van der Waals surface area contributed by atoms with E-state index in [1.807, 2.05) is 18.2 Å². The van der Waals surface area contributed by atoms with Crippen LogP contribution >= 0.6 is 0 Å². The number of aryl methyl sites for hydroxylation is 2. The number of anilines is 1. The second-order valence-electron chi connectivity index (χ2n) is 5.25. The van der Waals surface area contributed by atoms with Crippen LogP contribution in [-0.2, 0) is 17.6 Å². The Labute approximate surface area is 126 Å². The summed E-state index contributed by atoms with van der Waals surface area (Å²) in [7, 11) is 0. The Balaban J connectivity index is 1.59. The Morgan fingerprint density at radius 1 is 1.09 bits per heavy atom. The number of ether oxygens (including phenoxy) is 1. The van der Waals surface area contributed by atoms with Gasteiger partial charge in [-0.3, -0.25) is 4.79 Å². The molecule has 3 nitrogen and oxygen atoms in total. The zero-order chi connectivity index (χ0) is 15.5. The molecule has 2 aromatic carbocycles. The summed E-state index contributed by atoms with van der Waals surface area (Å²) >= 11 is 0. The summed E-state index contributed by atoms with van der Waals surface area (Å²) in [4.78, 5) is 11.8. The summed E-state index contributed by atoms with van der Waals surface area (Å²) in [6, 6.07) is 8.64. The molecule has 0 saturated carbocycles. The normalized spacial score (nSPS) is 12.8. The summed E-state index contributed by atoms with van der Waals surface area (Å²) in [5.74, 6) is -1.23. The number of hydrogen-bond acceptors (Lipinski definition) is 2. The van der Waals surface area contributed by atoms with E-state index in [9.17, 15) is 13.6 Å². The second-order valence-corrected chi connectivity index (χ2v) is 5.25. The van der Waals surface area contributed by atoms with Gasteiger partial charge in [-0.05, 0) is 54.7 Å². The Bertz CT molecular complexity index is 716. The largest absolute Gasteiger partial charge is 0.484 e. The van der Waals surface area contributed by atoms with Gasteiger partial charge in [-0.15, -0.1) is 0 Å². The minimum absolute atomic E-state index is 0.192. The van der Waals surface area contributed by atoms with Crippen LogP contribution in [0.15, 0.2) is 36.4 Å². The molecule has 1 aliphatic carbocycles. The molecule has 0 atom stereocenters. The van der Waals surface area contributed by atoms with Crippen LogP contribution in [0.5, 0.6) is 5.75 Å². The third kappa shape index (κ3) is 3.24. The molecule has 1 aliphatic rings. The fraction of sp³-hybridized carbons (Fsp3) is 0.235. The molecule has 0 unspecified atom stereocenters. The van der Waals surface area contributed by atoms with Crippen LogP contribution in [0.1, 0.15) is 17.5 Å². The third-order valence-corrected chi connectivity index (χ3v) is 3.64. The van der Waals surface area contributed by atoms with Crippen LogP contribution in [-0.4, -0.2) is 12.5 Å². The van der Waals surface area contributed by atoms with E-state index in [1.54, 1.807) is 0 Å². The smallest absolute Gasteiger partial charge is 0.262 e. The molecule has 0 bridgehead atoms. The lowest BCUT2D eigenvalue weighted by atomic mass is 10.1. The first kappa shape index (κ1) is 14.5. The first-order valence-corrected chi connectivity index (χ1v) is 7.11. The van der Waals surface area contributed by atoms with Crippen molar-refractivity contribution in [1.29, 1.82) is 0 Å². The Morgan fingerprint density at radius 2 is 1.91 bits per heavy atom. The van der Waals surface area contributed by atoms with Crippen molar-refractivity contribution in [2.24, 2.45) is 0 Å². The van der Waals surface area contributed by atoms with E-state index in [1.165, 1.54) is 11.1 Å². The Kier molecular flexibility index (Phi) is 4.04. The van der Waals surface area contributed by atoms with Gasteiger partial charge in [0, 0.05) is 6.07 Å². The maximum absolute atomic E-state index is 13.4. The lowest BCUT2D eigenvalue weighted by molar-refractivity contribution is -0.118. The first-order valence-electron chi connectivity index (χ1n) is 7.11. The van der Waals surface area contributed by atoms with Gasteiger partial charge in [-0.2, -0.15) is 0 Å². The van der Waals surface area contributed by atoms with Crippen molar-refractivity contribution in [3.8, 4) is 5.75 Å². The number of halogens is 2. The van der Waals surface area contributed by atoms with Gasteiger partial charge < -0.3 is 10.1 Å². The Hall–Kier alpha value is -2.43. The molecular formula is C17H15F2NO2. The highest BCUT2D eigenvalue weighted by molar-refractivity contribution is 5.92. The zero-order valence-corrected chi connectivity index (χ0v) is 11.9. The number of hydrogen-bond donors (Lipinski definition) is 1. The van der Waals surface area contributed by atoms with Gasteiger partial charge in [-0.25, -0.2) is 8.78 Å². The number of carbonyl (C=O) groups excluding carboxylic acids is 1. The van der Waals surface area contributed by atoms with Crippen molar-refractivity contribution in [3.05, 3.63) is 59.2 Å². The molecule has 1 amide bonds. The second kappa shape index (κ2) is 6.13. The highest BCUT2D eigenvalue weighted by atomic mass is 19.1. The molecule has 0 heterocycles. The zero-order valence-electron chi connectivity index (χ0n) is 11.9. The molecule has 0 saturated heterocycles. The van der Waals surface area contributed by atoms with Gasteiger partial charge in [0.1, 0.15) is 17.4 Å². The number of benzene rings is 2. The van der Waals surface area contributed by atoms with Gasteiger partial charge in [0.05, 0.1) is 5.69 Å². The summed E-state index contributed by atoms with van der Waals surface area (Å²) in [5.41, 5.74) is 2.37. The summed E-state index contributed by atoms with van der Waals surface area (Å²) in [6.45, 7) is -0.255. The average molecular weight is 303 g/mol. The highest BCUT2D eigenvalue weighted by Crippen LogP contribution is 2.26. The molecular weight excluding hydrogens is 288 g/mol. The maximum Gasteiger partial charge on any atom is 0.262 e. The predicted molar refractivity (Wildman–Crippen MR) is 78.9 cm³/mol. The summed E-state index contributed by atoms with van der Waals surface area (Å²) in [6.07, 6.45) is 3.24. The topological polar surface area (TPSA) is 38.3 Å². The predicted octanol–water partition coefficient (Wildman–Crippen LogP) is 3.47. The number of fused-ring (bicyclic) bond motifs is 1. The van der Waals surface area contributed by atoms with Gasteiger partial charge in [0.15, 0.2) is 6.61 Å². The van der Waals surface area contributed by atoms with Crippen LogP contribution in [0.4, 0.5) is 14.5 Å². The van der Waals surface area contributed by atoms with E-state index in [0.29, 0.717) is 5.75 Å². The number of carbonyl (C=O) groups is 1. The quantitative estimate of drug-likeness (QED) is 0.939. The minimum atomic E-state index is -0.688. The molecule has 0 aromatic heterocycles. The van der Waals surface area contributed by atoms with Crippen LogP contribution in [0.25, 0.3) is 0 Å². The lowest BCUT2D eigenvalue weighted by Gasteiger charge is -2.09. The van der Waals surface area contributed by atoms with E-state index < -0.39 is 17.5 Å². The summed E-state index contributed by atoms with van der Waals surface area (Å²) < 4.78 is 31.9. The van der Waals surface area contributed by atoms with Crippen LogP contribution in [0.2, 0.25) is 0 Å². The van der Waals surface area contributed by atoms with Gasteiger partial charge in [0.25, 0.3) is 5.91 Å². The fourth-order valence-corrected chi connectivity index (χ4v) is 2.57. The van der Waals surface area contributed by atoms with Crippen molar-refractivity contribution < 1.29 is 18.3 Å². The monoisotopic (exact) mass is 303 g/mol. The highest BCUT2D eigenvalue weighted by Gasteiger charge is 2.12. The van der Waals surface area contributed by atoms with Crippen LogP contribution in [0.3, 0.4) is 0 Å². The number of nitrogens with one attached hydrogen (secondary N) is 1. The van der Waals surface area contributed by atoms with E-state index in [0.717, 1.165) is 37.5 Å². The first-order chi connectivity index (χ1) is 10.6. The molecule has 0 radical (unpaired) electrons. The minimum Gasteiger partial charge on any atom is -0.484 e. The number of amides is 1.